The fraction of sp³-hybridized carbons (Fsp3) is 0.316. The minimum absolute atomic E-state index is 0.222. The topological polar surface area (TPSA) is 66.5 Å². The molecule has 0 saturated carbocycles. The van der Waals surface area contributed by atoms with Crippen LogP contribution in [0.2, 0.25) is 5.02 Å². The van der Waals surface area contributed by atoms with Gasteiger partial charge < -0.3 is 5.32 Å². The summed E-state index contributed by atoms with van der Waals surface area (Å²) in [6, 6.07) is 12.8. The number of sulfonamides is 1. The number of rotatable bonds is 7. The third kappa shape index (κ3) is 5.83. The second-order valence-electron chi connectivity index (χ2n) is 6.27. The third-order valence-electron chi connectivity index (χ3n) is 4.23. The molecule has 0 radical (unpaired) electrons. The Balaban J connectivity index is 2.04. The molecule has 0 atom stereocenters. The summed E-state index contributed by atoms with van der Waals surface area (Å²) in [5.74, 6) is -0.361. The molecule has 0 heterocycles. The molecule has 5 nitrogen and oxygen atoms in total. The Bertz CT molecular complexity index is 880. The fourth-order valence-electron chi connectivity index (χ4n) is 2.50. The fourth-order valence-corrected chi connectivity index (χ4v) is 3.40. The summed E-state index contributed by atoms with van der Waals surface area (Å²) in [5.41, 5.74) is 3.68. The Kier molecular flexibility index (Phi) is 6.81. The van der Waals surface area contributed by atoms with Crippen molar-refractivity contribution in [2.75, 3.05) is 24.7 Å². The van der Waals surface area contributed by atoms with Crippen LogP contribution < -0.4 is 5.32 Å². The van der Waals surface area contributed by atoms with Crippen molar-refractivity contribution in [1.29, 1.82) is 0 Å². The molecule has 7 heteroatoms. The van der Waals surface area contributed by atoms with E-state index in [9.17, 15) is 13.2 Å². The van der Waals surface area contributed by atoms with Crippen LogP contribution in [-0.4, -0.2) is 38.0 Å². The van der Waals surface area contributed by atoms with E-state index in [1.807, 2.05) is 38.1 Å². The molecule has 1 N–H and O–H groups in total. The van der Waals surface area contributed by atoms with E-state index in [-0.39, 0.29) is 19.0 Å². The quantitative estimate of drug-likeness (QED) is 0.782. The lowest BCUT2D eigenvalue weighted by Crippen LogP contribution is -2.38. The van der Waals surface area contributed by atoms with Gasteiger partial charge in [-0.25, -0.2) is 8.42 Å². The van der Waals surface area contributed by atoms with Crippen molar-refractivity contribution in [2.24, 2.45) is 0 Å². The number of benzene rings is 2. The monoisotopic (exact) mass is 394 g/mol. The first-order valence-corrected chi connectivity index (χ1v) is 10.4. The highest BCUT2D eigenvalue weighted by atomic mass is 35.5. The Morgan fingerprint density at radius 3 is 2.38 bits per heavy atom. The van der Waals surface area contributed by atoms with Crippen molar-refractivity contribution >= 4 is 33.2 Å². The largest absolute Gasteiger partial charge is 0.325 e. The predicted molar refractivity (Wildman–Crippen MR) is 106 cm³/mol. The summed E-state index contributed by atoms with van der Waals surface area (Å²) >= 11 is 5.86. The van der Waals surface area contributed by atoms with Gasteiger partial charge >= 0.3 is 0 Å². The summed E-state index contributed by atoms with van der Waals surface area (Å²) in [5, 5.41) is 3.42. The number of anilines is 1. The second kappa shape index (κ2) is 8.66. The van der Waals surface area contributed by atoms with Crippen molar-refractivity contribution in [2.45, 2.75) is 20.3 Å². The molecule has 26 heavy (non-hydrogen) atoms. The molecule has 140 valence electrons. The molecule has 0 aliphatic heterocycles. The zero-order valence-corrected chi connectivity index (χ0v) is 16.7. The van der Waals surface area contributed by atoms with Gasteiger partial charge in [-0.15, -0.1) is 0 Å². The second-order valence-corrected chi connectivity index (χ2v) is 8.69. The van der Waals surface area contributed by atoms with Crippen LogP contribution in [0, 0.1) is 13.8 Å². The van der Waals surface area contributed by atoms with Crippen molar-refractivity contribution in [3.63, 3.8) is 0 Å². The van der Waals surface area contributed by atoms with Crippen LogP contribution in [0.4, 0.5) is 5.69 Å². The van der Waals surface area contributed by atoms with E-state index in [0.717, 1.165) is 22.9 Å². The first-order chi connectivity index (χ1) is 12.2. The maximum atomic E-state index is 12.4. The number of nitrogens with one attached hydrogen (secondary N) is 1. The molecule has 2 aromatic rings. The van der Waals surface area contributed by atoms with Crippen LogP contribution in [-0.2, 0) is 21.2 Å². The Hall–Kier alpha value is -1.89. The number of amides is 1. The molecule has 0 unspecified atom stereocenters. The van der Waals surface area contributed by atoms with Gasteiger partial charge in [-0.05, 0) is 55.2 Å². The maximum absolute atomic E-state index is 12.4. The standard InChI is InChI=1S/C19H23ClN2O3S/c1-14-5-4-6-18(15(14)2)21-19(23)13-22(26(3,24)25)12-11-16-7-9-17(20)10-8-16/h4-10H,11-13H2,1-3H3,(H,21,23). The van der Waals surface area contributed by atoms with Crippen molar-refractivity contribution in [1.82, 2.24) is 4.31 Å². The Morgan fingerprint density at radius 2 is 1.77 bits per heavy atom. The van der Waals surface area contributed by atoms with E-state index in [1.54, 1.807) is 18.2 Å². The van der Waals surface area contributed by atoms with E-state index in [2.05, 4.69) is 5.32 Å². The van der Waals surface area contributed by atoms with E-state index in [1.165, 1.54) is 4.31 Å². The number of aryl methyl sites for hydroxylation is 1. The predicted octanol–water partition coefficient (Wildman–Crippen LogP) is 3.40. The van der Waals surface area contributed by atoms with Gasteiger partial charge in [-0.3, -0.25) is 4.79 Å². The van der Waals surface area contributed by atoms with Crippen LogP contribution in [0.15, 0.2) is 42.5 Å². The summed E-state index contributed by atoms with van der Waals surface area (Å²) in [6.45, 7) is 3.88. The van der Waals surface area contributed by atoms with Crippen LogP contribution in [0.1, 0.15) is 16.7 Å². The smallest absolute Gasteiger partial charge is 0.239 e. The van der Waals surface area contributed by atoms with Crippen LogP contribution in [0.5, 0.6) is 0 Å². The minimum atomic E-state index is -3.50. The van der Waals surface area contributed by atoms with Crippen molar-refractivity contribution in [3.05, 3.63) is 64.2 Å². The summed E-state index contributed by atoms with van der Waals surface area (Å²) in [6.07, 6.45) is 1.61. The Morgan fingerprint density at radius 1 is 1.12 bits per heavy atom. The van der Waals surface area contributed by atoms with Crippen LogP contribution >= 0.6 is 11.6 Å². The van der Waals surface area contributed by atoms with Gasteiger partial charge in [-0.1, -0.05) is 35.9 Å². The van der Waals surface area contributed by atoms with Gasteiger partial charge in [0.2, 0.25) is 15.9 Å². The normalized spacial score (nSPS) is 11.6. The first-order valence-electron chi connectivity index (χ1n) is 8.22. The highest BCUT2D eigenvalue weighted by Crippen LogP contribution is 2.18. The summed E-state index contributed by atoms with van der Waals surface area (Å²) in [4.78, 5) is 12.4. The highest BCUT2D eigenvalue weighted by Gasteiger charge is 2.20. The van der Waals surface area contributed by atoms with Crippen LogP contribution in [0.3, 0.4) is 0 Å². The lowest BCUT2D eigenvalue weighted by Gasteiger charge is -2.20. The Labute approximate surface area is 160 Å². The minimum Gasteiger partial charge on any atom is -0.325 e. The maximum Gasteiger partial charge on any atom is 0.239 e. The molecule has 2 rings (SSSR count). The molecule has 0 aliphatic carbocycles. The van der Waals surface area contributed by atoms with E-state index >= 15 is 0 Å². The molecule has 2 aromatic carbocycles. The van der Waals surface area contributed by atoms with Crippen molar-refractivity contribution in [3.8, 4) is 0 Å². The first kappa shape index (κ1) is 20.4. The summed E-state index contributed by atoms with van der Waals surface area (Å²) in [7, 11) is -3.50. The highest BCUT2D eigenvalue weighted by molar-refractivity contribution is 7.88. The molecule has 0 spiro atoms. The number of carbonyl (C=O) groups is 1. The lowest BCUT2D eigenvalue weighted by atomic mass is 10.1. The number of hydrogen-bond donors (Lipinski definition) is 1. The summed E-state index contributed by atoms with van der Waals surface area (Å²) < 4.78 is 25.3. The zero-order chi connectivity index (χ0) is 19.3. The molecule has 0 bridgehead atoms. The molecule has 1 amide bonds. The third-order valence-corrected chi connectivity index (χ3v) is 5.73. The molecule has 0 fully saturated rings. The molecular weight excluding hydrogens is 372 g/mol. The average Bonchev–Trinajstić information content (AvgIpc) is 2.56. The number of halogens is 1. The van der Waals surface area contributed by atoms with E-state index in [0.29, 0.717) is 17.1 Å². The number of nitrogens with zero attached hydrogens (tertiary/aromatic N) is 1. The van der Waals surface area contributed by atoms with Gasteiger partial charge in [0.25, 0.3) is 0 Å². The van der Waals surface area contributed by atoms with Gasteiger partial charge in [0.15, 0.2) is 0 Å². The number of hydrogen-bond acceptors (Lipinski definition) is 3. The van der Waals surface area contributed by atoms with Crippen molar-refractivity contribution < 1.29 is 13.2 Å². The molecule has 0 aliphatic rings. The lowest BCUT2D eigenvalue weighted by molar-refractivity contribution is -0.116. The van der Waals surface area contributed by atoms with Gasteiger partial charge in [0.05, 0.1) is 12.8 Å². The van der Waals surface area contributed by atoms with E-state index in [4.69, 9.17) is 11.6 Å². The van der Waals surface area contributed by atoms with Gasteiger partial charge in [-0.2, -0.15) is 4.31 Å². The molecule has 0 aromatic heterocycles. The SMILES string of the molecule is Cc1cccc(NC(=O)CN(CCc2ccc(Cl)cc2)S(C)(=O)=O)c1C. The molecule has 0 saturated heterocycles. The van der Waals surface area contributed by atoms with Crippen LogP contribution in [0.25, 0.3) is 0 Å². The zero-order valence-electron chi connectivity index (χ0n) is 15.1. The number of carbonyl (C=O) groups excluding carboxylic acids is 1. The van der Waals surface area contributed by atoms with Gasteiger partial charge in [0.1, 0.15) is 0 Å². The van der Waals surface area contributed by atoms with Gasteiger partial charge in [0, 0.05) is 17.3 Å². The van der Waals surface area contributed by atoms with E-state index < -0.39 is 10.0 Å². The molecular formula is C19H23ClN2O3S. The average molecular weight is 395 g/mol.